The van der Waals surface area contributed by atoms with Crippen molar-refractivity contribution in [1.29, 1.82) is 0 Å². The average Bonchev–Trinajstić information content (AvgIpc) is 2.46. The molecule has 1 N–H and O–H groups in total. The zero-order chi connectivity index (χ0) is 13.7. The Labute approximate surface area is 126 Å². The largest absolute Gasteiger partial charge is 0.497 e. The summed E-state index contributed by atoms with van der Waals surface area (Å²) in [4.78, 5) is 12.8. The zero-order valence-corrected chi connectivity index (χ0v) is 12.6. The number of benzene rings is 1. The van der Waals surface area contributed by atoms with E-state index in [-0.39, 0.29) is 18.8 Å². The SMILES string of the molecule is COc1ccc(C2CCN(CCC(=O)O)CC2)cc1.Cl. The first-order valence-electron chi connectivity index (χ1n) is 6.77. The molecule has 2 rings (SSSR count). The van der Waals surface area contributed by atoms with E-state index in [1.807, 2.05) is 12.1 Å². The van der Waals surface area contributed by atoms with Gasteiger partial charge in [-0.25, -0.2) is 0 Å². The smallest absolute Gasteiger partial charge is 0.304 e. The summed E-state index contributed by atoms with van der Waals surface area (Å²) in [6, 6.07) is 8.28. The molecule has 1 aromatic carbocycles. The summed E-state index contributed by atoms with van der Waals surface area (Å²) in [7, 11) is 1.68. The minimum absolute atomic E-state index is 0. The third-order valence-corrected chi connectivity index (χ3v) is 3.82. The number of halogens is 1. The van der Waals surface area contributed by atoms with E-state index in [1.54, 1.807) is 7.11 Å². The quantitative estimate of drug-likeness (QED) is 0.908. The van der Waals surface area contributed by atoms with Gasteiger partial charge in [0.25, 0.3) is 0 Å². The number of nitrogens with zero attached hydrogens (tertiary/aromatic N) is 1. The lowest BCUT2D eigenvalue weighted by Crippen LogP contribution is -2.34. The van der Waals surface area contributed by atoms with Crippen LogP contribution in [0.3, 0.4) is 0 Å². The molecular formula is C15H22ClNO3. The molecule has 112 valence electrons. The third-order valence-electron chi connectivity index (χ3n) is 3.82. The Morgan fingerprint density at radius 3 is 2.40 bits per heavy atom. The van der Waals surface area contributed by atoms with E-state index in [1.165, 1.54) is 5.56 Å². The van der Waals surface area contributed by atoms with E-state index >= 15 is 0 Å². The molecule has 1 heterocycles. The van der Waals surface area contributed by atoms with Gasteiger partial charge in [-0.3, -0.25) is 4.79 Å². The summed E-state index contributed by atoms with van der Waals surface area (Å²) in [5.74, 6) is 0.770. The Morgan fingerprint density at radius 2 is 1.90 bits per heavy atom. The maximum Gasteiger partial charge on any atom is 0.304 e. The highest BCUT2D eigenvalue weighted by molar-refractivity contribution is 5.85. The van der Waals surface area contributed by atoms with Gasteiger partial charge in [-0.15, -0.1) is 12.4 Å². The van der Waals surface area contributed by atoms with Crippen LogP contribution in [0, 0.1) is 0 Å². The second-order valence-corrected chi connectivity index (χ2v) is 5.03. The van der Waals surface area contributed by atoms with E-state index in [4.69, 9.17) is 9.84 Å². The fourth-order valence-electron chi connectivity index (χ4n) is 2.62. The Balaban J connectivity index is 0.00000200. The molecule has 0 aliphatic carbocycles. The van der Waals surface area contributed by atoms with E-state index < -0.39 is 5.97 Å². The summed E-state index contributed by atoms with van der Waals surface area (Å²) >= 11 is 0. The van der Waals surface area contributed by atoms with E-state index in [2.05, 4.69) is 17.0 Å². The molecule has 0 amide bonds. The molecule has 4 nitrogen and oxygen atoms in total. The monoisotopic (exact) mass is 299 g/mol. The van der Waals surface area contributed by atoms with Gasteiger partial charge in [-0.2, -0.15) is 0 Å². The molecule has 1 aromatic rings. The molecular weight excluding hydrogens is 278 g/mol. The number of carboxylic acids is 1. The van der Waals surface area contributed by atoms with Crippen molar-refractivity contribution >= 4 is 18.4 Å². The van der Waals surface area contributed by atoms with Crippen molar-refractivity contribution < 1.29 is 14.6 Å². The van der Waals surface area contributed by atoms with Gasteiger partial charge in [0, 0.05) is 6.54 Å². The second kappa shape index (κ2) is 8.12. The standard InChI is InChI=1S/C15H21NO3.ClH/c1-19-14-4-2-12(3-5-14)13-6-9-16(10-7-13)11-8-15(17)18;/h2-5,13H,6-11H2,1H3,(H,17,18);1H. The van der Waals surface area contributed by atoms with Crippen LogP contribution in [0.1, 0.15) is 30.7 Å². The Hall–Kier alpha value is -1.26. The molecule has 1 aliphatic rings. The highest BCUT2D eigenvalue weighted by atomic mass is 35.5. The van der Waals surface area contributed by atoms with Crippen LogP contribution in [0.15, 0.2) is 24.3 Å². The zero-order valence-electron chi connectivity index (χ0n) is 11.7. The van der Waals surface area contributed by atoms with Gasteiger partial charge >= 0.3 is 5.97 Å². The fourth-order valence-corrected chi connectivity index (χ4v) is 2.62. The summed E-state index contributed by atoms with van der Waals surface area (Å²) in [6.07, 6.45) is 2.45. The van der Waals surface area contributed by atoms with Crippen molar-refractivity contribution in [3.63, 3.8) is 0 Å². The molecule has 0 unspecified atom stereocenters. The number of hydrogen-bond acceptors (Lipinski definition) is 3. The summed E-state index contributed by atoms with van der Waals surface area (Å²) in [5, 5.41) is 8.68. The van der Waals surface area contributed by atoms with E-state index in [0.29, 0.717) is 12.5 Å². The van der Waals surface area contributed by atoms with Crippen molar-refractivity contribution in [1.82, 2.24) is 4.90 Å². The number of methoxy groups -OCH3 is 1. The lowest BCUT2D eigenvalue weighted by Gasteiger charge is -2.31. The maximum atomic E-state index is 10.5. The first kappa shape index (κ1) is 16.8. The number of aliphatic carboxylic acids is 1. The molecule has 20 heavy (non-hydrogen) atoms. The van der Waals surface area contributed by atoms with Crippen LogP contribution in [0.2, 0.25) is 0 Å². The summed E-state index contributed by atoms with van der Waals surface area (Å²) in [6.45, 7) is 2.65. The number of likely N-dealkylation sites (tertiary alicyclic amines) is 1. The highest BCUT2D eigenvalue weighted by Gasteiger charge is 2.20. The van der Waals surface area contributed by atoms with Crippen molar-refractivity contribution in [3.8, 4) is 5.75 Å². The van der Waals surface area contributed by atoms with Crippen LogP contribution in [0.4, 0.5) is 0 Å². The molecule has 5 heteroatoms. The van der Waals surface area contributed by atoms with Crippen LogP contribution in [0.5, 0.6) is 5.75 Å². The molecule has 0 aromatic heterocycles. The Bertz CT molecular complexity index is 414. The number of rotatable bonds is 5. The van der Waals surface area contributed by atoms with Gasteiger partial charge in [0.1, 0.15) is 5.75 Å². The van der Waals surface area contributed by atoms with E-state index in [9.17, 15) is 4.79 Å². The van der Waals surface area contributed by atoms with Gasteiger partial charge in [0.05, 0.1) is 13.5 Å². The normalized spacial score (nSPS) is 16.4. The van der Waals surface area contributed by atoms with Crippen molar-refractivity contribution in [3.05, 3.63) is 29.8 Å². The van der Waals surface area contributed by atoms with Crippen LogP contribution in [0.25, 0.3) is 0 Å². The number of piperidine rings is 1. The van der Waals surface area contributed by atoms with Crippen LogP contribution in [-0.4, -0.2) is 42.7 Å². The van der Waals surface area contributed by atoms with Crippen LogP contribution < -0.4 is 4.74 Å². The van der Waals surface area contributed by atoms with Crippen molar-refractivity contribution in [2.45, 2.75) is 25.2 Å². The summed E-state index contributed by atoms with van der Waals surface area (Å²) in [5.41, 5.74) is 1.36. The number of hydrogen-bond donors (Lipinski definition) is 1. The molecule has 0 atom stereocenters. The van der Waals surface area contributed by atoms with E-state index in [0.717, 1.165) is 31.7 Å². The lowest BCUT2D eigenvalue weighted by molar-refractivity contribution is -0.137. The molecule has 0 radical (unpaired) electrons. The number of carbonyl (C=O) groups is 1. The predicted octanol–water partition coefficient (Wildman–Crippen LogP) is 2.77. The molecule has 0 spiro atoms. The second-order valence-electron chi connectivity index (χ2n) is 5.03. The lowest BCUT2D eigenvalue weighted by atomic mass is 9.89. The third kappa shape index (κ3) is 4.69. The van der Waals surface area contributed by atoms with Gasteiger partial charge in [0.15, 0.2) is 0 Å². The van der Waals surface area contributed by atoms with Gasteiger partial charge in [0.2, 0.25) is 0 Å². The topological polar surface area (TPSA) is 49.8 Å². The van der Waals surface area contributed by atoms with Gasteiger partial charge < -0.3 is 14.7 Å². The minimum Gasteiger partial charge on any atom is -0.497 e. The molecule has 1 aliphatic heterocycles. The molecule has 1 fully saturated rings. The van der Waals surface area contributed by atoms with Crippen LogP contribution >= 0.6 is 12.4 Å². The predicted molar refractivity (Wildman–Crippen MR) is 80.9 cm³/mol. The van der Waals surface area contributed by atoms with Crippen LogP contribution in [-0.2, 0) is 4.79 Å². The Morgan fingerprint density at radius 1 is 1.30 bits per heavy atom. The first-order valence-corrected chi connectivity index (χ1v) is 6.77. The average molecular weight is 300 g/mol. The minimum atomic E-state index is -0.711. The first-order chi connectivity index (χ1) is 9.19. The molecule has 0 bridgehead atoms. The van der Waals surface area contributed by atoms with Crippen molar-refractivity contribution in [2.75, 3.05) is 26.7 Å². The van der Waals surface area contributed by atoms with Crippen molar-refractivity contribution in [2.24, 2.45) is 0 Å². The highest BCUT2D eigenvalue weighted by Crippen LogP contribution is 2.29. The molecule has 1 saturated heterocycles. The van der Waals surface area contributed by atoms with Gasteiger partial charge in [-0.05, 0) is 49.5 Å². The molecule has 0 saturated carbocycles. The Kier molecular flexibility index (Phi) is 6.82. The van der Waals surface area contributed by atoms with Gasteiger partial charge in [-0.1, -0.05) is 12.1 Å². The fraction of sp³-hybridized carbons (Fsp3) is 0.533. The maximum absolute atomic E-state index is 10.5. The summed E-state index contributed by atoms with van der Waals surface area (Å²) < 4.78 is 5.16. The number of carboxylic acid groups (broad SMARTS) is 1. The number of ether oxygens (including phenoxy) is 1.